The lowest BCUT2D eigenvalue weighted by molar-refractivity contribution is -0.136. The van der Waals surface area contributed by atoms with Crippen molar-refractivity contribution in [2.24, 2.45) is 11.8 Å². The molecule has 2 heterocycles. The summed E-state index contributed by atoms with van der Waals surface area (Å²) in [5, 5.41) is 5.03. The largest absolute Gasteiger partial charge is 0.361 e. The lowest BCUT2D eigenvalue weighted by Gasteiger charge is -2.32. The molecule has 166 valence electrons. The van der Waals surface area contributed by atoms with E-state index in [-0.39, 0.29) is 29.6 Å². The summed E-state index contributed by atoms with van der Waals surface area (Å²) in [6, 6.07) is 16.0. The van der Waals surface area contributed by atoms with Crippen molar-refractivity contribution in [1.29, 1.82) is 0 Å². The summed E-state index contributed by atoms with van der Waals surface area (Å²) in [6.45, 7) is 1.85. The van der Waals surface area contributed by atoms with Crippen LogP contribution in [0.1, 0.15) is 42.7 Å². The number of fused-ring (bicyclic) bond motifs is 1. The fourth-order valence-corrected chi connectivity index (χ4v) is 5.09. The second-order valence-corrected chi connectivity index (χ2v) is 9.39. The van der Waals surface area contributed by atoms with Gasteiger partial charge in [-0.2, -0.15) is 0 Å². The number of rotatable bonds is 6. The van der Waals surface area contributed by atoms with E-state index in [1.165, 1.54) is 0 Å². The van der Waals surface area contributed by atoms with E-state index in [1.54, 1.807) is 0 Å². The van der Waals surface area contributed by atoms with Gasteiger partial charge >= 0.3 is 0 Å². The van der Waals surface area contributed by atoms with Crippen molar-refractivity contribution in [2.45, 2.75) is 31.6 Å². The molecular formula is C26H28ClN3O2. The van der Waals surface area contributed by atoms with Gasteiger partial charge in [0.05, 0.1) is 0 Å². The van der Waals surface area contributed by atoms with Gasteiger partial charge in [0.1, 0.15) is 0 Å². The third kappa shape index (κ3) is 4.26. The Hall–Kier alpha value is -2.79. The van der Waals surface area contributed by atoms with Crippen molar-refractivity contribution in [1.82, 2.24) is 15.2 Å². The number of piperidine rings is 1. The van der Waals surface area contributed by atoms with Crippen LogP contribution in [0.4, 0.5) is 0 Å². The number of nitrogens with one attached hydrogen (secondary N) is 2. The number of para-hydroxylation sites is 1. The number of H-pyrrole nitrogens is 1. The summed E-state index contributed by atoms with van der Waals surface area (Å²) < 4.78 is 0. The first-order valence-corrected chi connectivity index (χ1v) is 11.9. The number of hydrogen-bond acceptors (Lipinski definition) is 2. The number of nitrogens with zero attached hydrogens (tertiary/aromatic N) is 1. The Morgan fingerprint density at radius 2 is 1.69 bits per heavy atom. The highest BCUT2D eigenvalue weighted by molar-refractivity contribution is 6.31. The van der Waals surface area contributed by atoms with Gasteiger partial charge in [0.2, 0.25) is 11.8 Å². The van der Waals surface area contributed by atoms with Crippen LogP contribution >= 0.6 is 11.6 Å². The number of amides is 2. The molecule has 0 spiro atoms. The average molecular weight is 450 g/mol. The smallest absolute Gasteiger partial charge is 0.225 e. The fraction of sp³-hybridized carbons (Fsp3) is 0.385. The van der Waals surface area contributed by atoms with Crippen molar-refractivity contribution in [3.8, 4) is 0 Å². The molecule has 2 fully saturated rings. The zero-order valence-corrected chi connectivity index (χ0v) is 18.8. The van der Waals surface area contributed by atoms with E-state index >= 15 is 0 Å². The molecule has 2 aromatic carbocycles. The quantitative estimate of drug-likeness (QED) is 0.572. The zero-order valence-electron chi connectivity index (χ0n) is 18.0. The van der Waals surface area contributed by atoms with Gasteiger partial charge in [-0.25, -0.2) is 0 Å². The Morgan fingerprint density at radius 1 is 0.969 bits per heavy atom. The highest BCUT2D eigenvalue weighted by atomic mass is 35.5. The SMILES string of the molecule is O=C(NCC(c1ccccc1Cl)c1c[nH]c2ccccc12)C1CCN(C(=O)C2CC2)CC1. The van der Waals surface area contributed by atoms with E-state index in [1.807, 2.05) is 47.5 Å². The van der Waals surface area contributed by atoms with Gasteiger partial charge in [0, 0.05) is 59.5 Å². The molecule has 32 heavy (non-hydrogen) atoms. The van der Waals surface area contributed by atoms with Crippen LogP contribution in [0.15, 0.2) is 54.7 Å². The average Bonchev–Trinajstić information content (AvgIpc) is 3.60. The predicted octanol–water partition coefficient (Wildman–Crippen LogP) is 4.72. The molecule has 1 unspecified atom stereocenters. The maximum Gasteiger partial charge on any atom is 0.225 e. The summed E-state index contributed by atoms with van der Waals surface area (Å²) >= 11 is 6.57. The number of carbonyl (C=O) groups is 2. The molecule has 1 atom stereocenters. The summed E-state index contributed by atoms with van der Waals surface area (Å²) in [4.78, 5) is 30.6. The van der Waals surface area contributed by atoms with Gasteiger partial charge in [-0.15, -0.1) is 0 Å². The second-order valence-electron chi connectivity index (χ2n) is 8.98. The summed E-state index contributed by atoms with van der Waals surface area (Å²) in [6.07, 6.45) is 5.53. The Balaban J connectivity index is 1.30. The molecule has 1 saturated heterocycles. The van der Waals surface area contributed by atoms with E-state index in [2.05, 4.69) is 22.4 Å². The molecule has 1 aromatic heterocycles. The normalized spacial score (nSPS) is 18.0. The van der Waals surface area contributed by atoms with Crippen molar-refractivity contribution < 1.29 is 9.59 Å². The standard InChI is InChI=1S/C26H28ClN3O2/c27-23-7-3-1-5-19(23)21(22-15-28-24-8-4-2-6-20(22)24)16-29-25(31)17-11-13-30(14-12-17)26(32)18-9-10-18/h1-8,15,17-18,21,28H,9-14,16H2,(H,29,31). The van der Waals surface area contributed by atoms with Gasteiger partial charge in [0.15, 0.2) is 0 Å². The second kappa shape index (κ2) is 8.99. The van der Waals surface area contributed by atoms with Crippen molar-refractivity contribution in [3.63, 3.8) is 0 Å². The molecule has 2 amide bonds. The minimum Gasteiger partial charge on any atom is -0.361 e. The lowest BCUT2D eigenvalue weighted by Crippen LogP contribution is -2.44. The first-order valence-electron chi connectivity index (χ1n) is 11.5. The predicted molar refractivity (Wildman–Crippen MR) is 127 cm³/mol. The Bertz CT molecular complexity index is 1130. The van der Waals surface area contributed by atoms with E-state index < -0.39 is 0 Å². The van der Waals surface area contributed by atoms with Crippen LogP contribution in [0, 0.1) is 11.8 Å². The van der Waals surface area contributed by atoms with E-state index in [0.717, 1.165) is 47.7 Å². The summed E-state index contributed by atoms with van der Waals surface area (Å²) in [5.74, 6) is 0.490. The molecule has 5 nitrogen and oxygen atoms in total. The molecule has 0 radical (unpaired) electrons. The molecule has 1 saturated carbocycles. The van der Waals surface area contributed by atoms with Crippen LogP contribution in [-0.4, -0.2) is 41.3 Å². The van der Waals surface area contributed by atoms with Crippen LogP contribution < -0.4 is 5.32 Å². The van der Waals surface area contributed by atoms with Crippen LogP contribution in [0.25, 0.3) is 10.9 Å². The molecule has 3 aromatic rings. The van der Waals surface area contributed by atoms with E-state index in [0.29, 0.717) is 24.7 Å². The van der Waals surface area contributed by atoms with Crippen LogP contribution in [-0.2, 0) is 9.59 Å². The number of likely N-dealkylation sites (tertiary alicyclic amines) is 1. The molecular weight excluding hydrogens is 422 g/mol. The minimum atomic E-state index is -0.0552. The third-order valence-corrected chi connectivity index (χ3v) is 7.21. The van der Waals surface area contributed by atoms with Crippen molar-refractivity contribution in [3.05, 3.63) is 70.9 Å². The Labute approximate surface area is 193 Å². The van der Waals surface area contributed by atoms with E-state index in [4.69, 9.17) is 11.6 Å². The maximum atomic E-state index is 13.0. The Morgan fingerprint density at radius 3 is 2.44 bits per heavy atom. The summed E-state index contributed by atoms with van der Waals surface area (Å²) in [7, 11) is 0. The maximum absolute atomic E-state index is 13.0. The first-order chi connectivity index (χ1) is 15.6. The van der Waals surface area contributed by atoms with Gasteiger partial charge in [-0.3, -0.25) is 9.59 Å². The van der Waals surface area contributed by atoms with Gasteiger partial charge < -0.3 is 15.2 Å². The topological polar surface area (TPSA) is 65.2 Å². The van der Waals surface area contributed by atoms with E-state index in [9.17, 15) is 9.59 Å². The molecule has 5 rings (SSSR count). The van der Waals surface area contributed by atoms with Gasteiger partial charge in [-0.05, 0) is 48.9 Å². The lowest BCUT2D eigenvalue weighted by atomic mass is 9.90. The molecule has 0 bridgehead atoms. The molecule has 6 heteroatoms. The molecule has 2 aliphatic rings. The number of halogens is 1. The summed E-state index contributed by atoms with van der Waals surface area (Å²) in [5.41, 5.74) is 3.20. The zero-order chi connectivity index (χ0) is 22.1. The number of hydrogen-bond donors (Lipinski definition) is 2. The fourth-order valence-electron chi connectivity index (χ4n) is 4.82. The minimum absolute atomic E-state index is 0.0480. The van der Waals surface area contributed by atoms with Gasteiger partial charge in [-0.1, -0.05) is 48.0 Å². The number of aromatic amines is 1. The monoisotopic (exact) mass is 449 g/mol. The van der Waals surface area contributed by atoms with Crippen LogP contribution in [0.3, 0.4) is 0 Å². The molecule has 1 aliphatic carbocycles. The Kier molecular flexibility index (Phi) is 5.92. The van der Waals surface area contributed by atoms with Crippen molar-refractivity contribution in [2.75, 3.05) is 19.6 Å². The van der Waals surface area contributed by atoms with Crippen molar-refractivity contribution >= 4 is 34.3 Å². The third-order valence-electron chi connectivity index (χ3n) is 6.86. The number of carbonyl (C=O) groups excluding carboxylic acids is 2. The highest BCUT2D eigenvalue weighted by Crippen LogP contribution is 2.35. The van der Waals surface area contributed by atoms with Gasteiger partial charge in [0.25, 0.3) is 0 Å². The molecule has 1 aliphatic heterocycles. The van der Waals surface area contributed by atoms with Crippen LogP contribution in [0.5, 0.6) is 0 Å². The number of benzene rings is 2. The van der Waals surface area contributed by atoms with Crippen LogP contribution in [0.2, 0.25) is 5.02 Å². The highest BCUT2D eigenvalue weighted by Gasteiger charge is 2.36. The number of aromatic nitrogens is 1. The first kappa shape index (κ1) is 21.1. The molecule has 2 N–H and O–H groups in total.